The van der Waals surface area contributed by atoms with Crippen LogP contribution < -0.4 is 0 Å². The van der Waals surface area contributed by atoms with Gasteiger partial charge < -0.3 is 9.42 Å². The zero-order valence-corrected chi connectivity index (χ0v) is 14.3. The summed E-state index contributed by atoms with van der Waals surface area (Å²) in [6.07, 6.45) is 3.42. The molecule has 7 nitrogen and oxygen atoms in total. The number of nitrogens with zero attached hydrogens (tertiary/aromatic N) is 5. The summed E-state index contributed by atoms with van der Waals surface area (Å²) in [6.45, 7) is 3.53. The van der Waals surface area contributed by atoms with Crippen LogP contribution in [0.2, 0.25) is 0 Å². The Balaban J connectivity index is 1.33. The van der Waals surface area contributed by atoms with Crippen molar-refractivity contribution in [3.05, 3.63) is 66.3 Å². The van der Waals surface area contributed by atoms with E-state index in [0.717, 1.165) is 24.2 Å². The van der Waals surface area contributed by atoms with E-state index in [1.54, 1.807) is 12.4 Å². The number of piperazine rings is 1. The third kappa shape index (κ3) is 3.62. The molecule has 0 aliphatic carbocycles. The number of rotatable bonds is 4. The van der Waals surface area contributed by atoms with Crippen molar-refractivity contribution in [1.29, 1.82) is 0 Å². The van der Waals surface area contributed by atoms with Gasteiger partial charge in [0, 0.05) is 49.7 Å². The van der Waals surface area contributed by atoms with E-state index in [2.05, 4.69) is 20.0 Å². The number of aromatic nitrogens is 3. The van der Waals surface area contributed by atoms with Crippen molar-refractivity contribution in [1.82, 2.24) is 24.9 Å². The lowest BCUT2D eigenvalue weighted by molar-refractivity contribution is 0.0615. The van der Waals surface area contributed by atoms with Gasteiger partial charge in [0.1, 0.15) is 0 Å². The molecular weight excluding hydrogens is 330 g/mol. The second kappa shape index (κ2) is 7.45. The minimum absolute atomic E-state index is 0.0851. The predicted molar refractivity (Wildman–Crippen MR) is 95.2 cm³/mol. The molecule has 0 spiro atoms. The molecule has 0 saturated carbocycles. The van der Waals surface area contributed by atoms with Gasteiger partial charge in [-0.1, -0.05) is 23.4 Å². The van der Waals surface area contributed by atoms with Crippen LogP contribution in [0.3, 0.4) is 0 Å². The Kier molecular flexibility index (Phi) is 4.70. The van der Waals surface area contributed by atoms with Crippen molar-refractivity contribution < 1.29 is 9.32 Å². The Hall–Kier alpha value is -3.06. The monoisotopic (exact) mass is 349 g/mol. The molecule has 3 aromatic rings. The summed E-state index contributed by atoms with van der Waals surface area (Å²) in [5, 5.41) is 4.02. The first-order chi connectivity index (χ1) is 12.8. The van der Waals surface area contributed by atoms with Crippen LogP contribution in [0, 0.1) is 0 Å². The van der Waals surface area contributed by atoms with Gasteiger partial charge in [0.2, 0.25) is 11.7 Å². The minimum atomic E-state index is 0.0851. The molecule has 4 rings (SSSR count). The molecule has 0 radical (unpaired) electrons. The minimum Gasteiger partial charge on any atom is -0.338 e. The summed E-state index contributed by atoms with van der Waals surface area (Å²) in [7, 11) is 0. The van der Waals surface area contributed by atoms with Gasteiger partial charge in [0.15, 0.2) is 0 Å². The summed E-state index contributed by atoms with van der Waals surface area (Å²) in [5.41, 5.74) is 1.57. The molecule has 0 bridgehead atoms. The fourth-order valence-electron chi connectivity index (χ4n) is 3.00. The van der Waals surface area contributed by atoms with E-state index >= 15 is 0 Å². The van der Waals surface area contributed by atoms with E-state index in [1.165, 1.54) is 0 Å². The first-order valence-electron chi connectivity index (χ1n) is 8.59. The fourth-order valence-corrected chi connectivity index (χ4v) is 3.00. The fraction of sp³-hybridized carbons (Fsp3) is 0.263. The lowest BCUT2D eigenvalue weighted by atomic mass is 10.2. The number of pyridine rings is 1. The molecule has 1 saturated heterocycles. The molecule has 1 amide bonds. The highest BCUT2D eigenvalue weighted by molar-refractivity contribution is 5.94. The lowest BCUT2D eigenvalue weighted by Crippen LogP contribution is -2.48. The van der Waals surface area contributed by atoms with E-state index in [4.69, 9.17) is 4.52 Å². The van der Waals surface area contributed by atoms with E-state index in [0.29, 0.717) is 31.3 Å². The average Bonchev–Trinajstić information content (AvgIpc) is 3.18. The SMILES string of the molecule is O=C(c1ccccc1)N1CCN(Cc2nc(-c3cccnc3)no2)CC1. The molecule has 1 aromatic carbocycles. The Morgan fingerprint density at radius 2 is 1.85 bits per heavy atom. The first-order valence-corrected chi connectivity index (χ1v) is 8.59. The maximum atomic E-state index is 12.5. The van der Waals surface area contributed by atoms with Crippen molar-refractivity contribution in [2.75, 3.05) is 26.2 Å². The van der Waals surface area contributed by atoms with E-state index in [1.807, 2.05) is 47.4 Å². The predicted octanol–water partition coefficient (Wildman–Crippen LogP) is 2.09. The molecule has 0 N–H and O–H groups in total. The van der Waals surface area contributed by atoms with Crippen molar-refractivity contribution in [2.45, 2.75) is 6.54 Å². The lowest BCUT2D eigenvalue weighted by Gasteiger charge is -2.34. The largest absolute Gasteiger partial charge is 0.338 e. The van der Waals surface area contributed by atoms with Crippen LogP contribution in [-0.2, 0) is 6.54 Å². The van der Waals surface area contributed by atoms with Gasteiger partial charge in [-0.05, 0) is 24.3 Å². The summed E-state index contributed by atoms with van der Waals surface area (Å²) in [5.74, 6) is 1.21. The highest BCUT2D eigenvalue weighted by Crippen LogP contribution is 2.15. The van der Waals surface area contributed by atoms with Crippen LogP contribution in [-0.4, -0.2) is 57.0 Å². The zero-order valence-electron chi connectivity index (χ0n) is 14.3. The number of carbonyl (C=O) groups is 1. The van der Waals surface area contributed by atoms with Gasteiger partial charge >= 0.3 is 0 Å². The number of hydrogen-bond acceptors (Lipinski definition) is 6. The van der Waals surface area contributed by atoms with Crippen molar-refractivity contribution in [3.8, 4) is 11.4 Å². The summed E-state index contributed by atoms with van der Waals surface area (Å²) < 4.78 is 5.35. The number of carbonyl (C=O) groups excluding carboxylic acids is 1. The molecule has 1 aliphatic heterocycles. The van der Waals surface area contributed by atoms with Gasteiger partial charge in [-0.3, -0.25) is 14.7 Å². The first kappa shape index (κ1) is 16.4. The number of amides is 1. The Morgan fingerprint density at radius 3 is 2.58 bits per heavy atom. The standard InChI is InChI=1S/C19H19N5O2/c25-19(15-5-2-1-3-6-15)24-11-9-23(10-12-24)14-17-21-18(22-26-17)16-7-4-8-20-13-16/h1-8,13H,9-12,14H2. The van der Waals surface area contributed by atoms with Gasteiger partial charge in [0.05, 0.1) is 6.54 Å². The van der Waals surface area contributed by atoms with Crippen LogP contribution in [0.1, 0.15) is 16.2 Å². The topological polar surface area (TPSA) is 75.4 Å². The summed E-state index contributed by atoms with van der Waals surface area (Å²) in [4.78, 5) is 25.1. The molecule has 26 heavy (non-hydrogen) atoms. The van der Waals surface area contributed by atoms with Crippen LogP contribution in [0.5, 0.6) is 0 Å². The Morgan fingerprint density at radius 1 is 1.04 bits per heavy atom. The Labute approximate surface area is 151 Å². The third-order valence-corrected chi connectivity index (χ3v) is 4.43. The third-order valence-electron chi connectivity index (χ3n) is 4.43. The smallest absolute Gasteiger partial charge is 0.253 e. The number of benzene rings is 1. The second-order valence-corrected chi connectivity index (χ2v) is 6.19. The van der Waals surface area contributed by atoms with Crippen molar-refractivity contribution in [2.24, 2.45) is 0 Å². The maximum Gasteiger partial charge on any atom is 0.253 e. The van der Waals surface area contributed by atoms with Gasteiger partial charge in [-0.2, -0.15) is 4.98 Å². The van der Waals surface area contributed by atoms with E-state index < -0.39 is 0 Å². The highest BCUT2D eigenvalue weighted by atomic mass is 16.5. The highest BCUT2D eigenvalue weighted by Gasteiger charge is 2.23. The van der Waals surface area contributed by atoms with Crippen LogP contribution in [0.25, 0.3) is 11.4 Å². The molecule has 1 fully saturated rings. The second-order valence-electron chi connectivity index (χ2n) is 6.19. The molecule has 0 unspecified atom stereocenters. The van der Waals surface area contributed by atoms with Gasteiger partial charge in [-0.25, -0.2) is 0 Å². The molecular formula is C19H19N5O2. The molecule has 3 heterocycles. The van der Waals surface area contributed by atoms with E-state index in [9.17, 15) is 4.79 Å². The molecule has 2 aromatic heterocycles. The quantitative estimate of drug-likeness (QED) is 0.718. The summed E-state index contributed by atoms with van der Waals surface area (Å²) in [6, 6.07) is 13.1. The zero-order chi connectivity index (χ0) is 17.8. The average molecular weight is 349 g/mol. The molecule has 0 atom stereocenters. The van der Waals surface area contributed by atoms with Crippen LogP contribution in [0.4, 0.5) is 0 Å². The molecule has 132 valence electrons. The van der Waals surface area contributed by atoms with Crippen molar-refractivity contribution >= 4 is 5.91 Å². The molecule has 7 heteroatoms. The number of hydrogen-bond donors (Lipinski definition) is 0. The van der Waals surface area contributed by atoms with Crippen molar-refractivity contribution in [3.63, 3.8) is 0 Å². The van der Waals surface area contributed by atoms with E-state index in [-0.39, 0.29) is 5.91 Å². The maximum absolute atomic E-state index is 12.5. The molecule has 1 aliphatic rings. The Bertz CT molecular complexity index is 858. The summed E-state index contributed by atoms with van der Waals surface area (Å²) >= 11 is 0. The van der Waals surface area contributed by atoms with Gasteiger partial charge in [0.25, 0.3) is 5.91 Å². The van der Waals surface area contributed by atoms with Crippen LogP contribution in [0.15, 0.2) is 59.4 Å². The van der Waals surface area contributed by atoms with Gasteiger partial charge in [-0.15, -0.1) is 0 Å². The van der Waals surface area contributed by atoms with Crippen LogP contribution >= 0.6 is 0 Å². The normalized spacial score (nSPS) is 15.2.